The molecule has 5 heteroatoms. The smallest absolute Gasteiger partial charge is 0.319 e. The number of hydrogen-bond donors (Lipinski definition) is 2. The highest BCUT2D eigenvalue weighted by Gasteiger charge is 2.15. The van der Waals surface area contributed by atoms with Crippen molar-refractivity contribution in [2.75, 3.05) is 12.4 Å². The maximum Gasteiger partial charge on any atom is 0.319 e. The van der Waals surface area contributed by atoms with Gasteiger partial charge in [0.25, 0.3) is 0 Å². The van der Waals surface area contributed by atoms with E-state index in [-0.39, 0.29) is 6.03 Å². The number of carbonyl (C=O) groups excluding carboxylic acids is 1. The van der Waals surface area contributed by atoms with Gasteiger partial charge in [-0.2, -0.15) is 0 Å². The lowest BCUT2D eigenvalue weighted by Gasteiger charge is -2.22. The minimum Gasteiger partial charge on any atom is -0.496 e. The number of amides is 2. The molecule has 0 aliphatic heterocycles. The van der Waals surface area contributed by atoms with Crippen LogP contribution in [0.4, 0.5) is 10.5 Å². The summed E-state index contributed by atoms with van der Waals surface area (Å²) >= 11 is 3.40. The lowest BCUT2D eigenvalue weighted by molar-refractivity contribution is 0.244. The minimum atomic E-state index is -0.135. The average Bonchev–Trinajstić information content (AvgIpc) is 2.40. The van der Waals surface area contributed by atoms with Crippen LogP contribution in [0, 0.1) is 0 Å². The van der Waals surface area contributed by atoms with E-state index in [0.717, 1.165) is 28.8 Å². The van der Waals surface area contributed by atoms with Crippen LogP contribution in [0.25, 0.3) is 0 Å². The molecule has 0 atom stereocenters. The maximum absolute atomic E-state index is 11.9. The molecule has 1 aromatic rings. The Morgan fingerprint density at radius 3 is 2.68 bits per heavy atom. The van der Waals surface area contributed by atoms with Crippen LogP contribution in [0.15, 0.2) is 22.7 Å². The summed E-state index contributed by atoms with van der Waals surface area (Å²) in [5, 5.41) is 5.86. The summed E-state index contributed by atoms with van der Waals surface area (Å²) in [6.45, 7) is 0. The van der Waals surface area contributed by atoms with Crippen molar-refractivity contribution in [1.29, 1.82) is 0 Å². The van der Waals surface area contributed by atoms with Gasteiger partial charge in [-0.25, -0.2) is 4.79 Å². The number of ether oxygens (including phenoxy) is 1. The number of hydrogen-bond acceptors (Lipinski definition) is 2. The van der Waals surface area contributed by atoms with Gasteiger partial charge in [0, 0.05) is 11.7 Å². The molecule has 19 heavy (non-hydrogen) atoms. The molecule has 4 nitrogen and oxygen atoms in total. The molecule has 2 rings (SSSR count). The van der Waals surface area contributed by atoms with E-state index < -0.39 is 0 Å². The highest BCUT2D eigenvalue weighted by molar-refractivity contribution is 9.10. The van der Waals surface area contributed by atoms with Gasteiger partial charge in [-0.05, 0) is 47.0 Å². The molecule has 0 radical (unpaired) electrons. The summed E-state index contributed by atoms with van der Waals surface area (Å²) in [7, 11) is 1.61. The second-order valence-corrected chi connectivity index (χ2v) is 5.64. The third kappa shape index (κ3) is 4.13. The van der Waals surface area contributed by atoms with Gasteiger partial charge in [-0.15, -0.1) is 0 Å². The third-order valence-electron chi connectivity index (χ3n) is 3.35. The molecular formula is C14H19BrN2O2. The van der Waals surface area contributed by atoms with Crippen LogP contribution in [-0.4, -0.2) is 19.2 Å². The molecular weight excluding hydrogens is 308 g/mol. The van der Waals surface area contributed by atoms with E-state index >= 15 is 0 Å². The lowest BCUT2D eigenvalue weighted by atomic mass is 9.96. The Kier molecular flexibility index (Phi) is 5.07. The first-order valence-corrected chi connectivity index (χ1v) is 7.39. The fourth-order valence-electron chi connectivity index (χ4n) is 2.34. The first kappa shape index (κ1) is 14.2. The summed E-state index contributed by atoms with van der Waals surface area (Å²) < 4.78 is 5.98. The Morgan fingerprint density at radius 2 is 2.05 bits per heavy atom. The number of benzene rings is 1. The number of carbonyl (C=O) groups is 1. The van der Waals surface area contributed by atoms with Crippen molar-refractivity contribution in [2.45, 2.75) is 38.1 Å². The summed E-state index contributed by atoms with van der Waals surface area (Å²) in [5.41, 5.74) is 0.751. The minimum absolute atomic E-state index is 0.135. The van der Waals surface area contributed by atoms with Crippen LogP contribution in [0.3, 0.4) is 0 Å². The Labute approximate surface area is 122 Å². The molecule has 0 spiro atoms. The number of anilines is 1. The van der Waals surface area contributed by atoms with E-state index in [1.165, 1.54) is 19.3 Å². The number of rotatable bonds is 3. The van der Waals surface area contributed by atoms with Gasteiger partial charge >= 0.3 is 6.03 Å². The second-order valence-electron chi connectivity index (χ2n) is 4.78. The normalized spacial score (nSPS) is 15.9. The highest BCUT2D eigenvalue weighted by atomic mass is 79.9. The fraction of sp³-hybridized carbons (Fsp3) is 0.500. The molecule has 0 unspecified atom stereocenters. The van der Waals surface area contributed by atoms with Crippen molar-refractivity contribution in [2.24, 2.45) is 0 Å². The predicted octanol–water partition coefficient (Wildman–Crippen LogP) is 3.91. The molecule has 1 aliphatic carbocycles. The number of urea groups is 1. The van der Waals surface area contributed by atoms with E-state index in [9.17, 15) is 4.79 Å². The largest absolute Gasteiger partial charge is 0.496 e. The molecule has 0 heterocycles. The molecule has 1 saturated carbocycles. The van der Waals surface area contributed by atoms with Crippen LogP contribution in [0.5, 0.6) is 5.75 Å². The van der Waals surface area contributed by atoms with Gasteiger partial charge in [0.2, 0.25) is 0 Å². The molecule has 2 N–H and O–H groups in total. The zero-order valence-corrected chi connectivity index (χ0v) is 12.6. The predicted molar refractivity (Wildman–Crippen MR) is 79.7 cm³/mol. The first-order valence-electron chi connectivity index (χ1n) is 6.60. The Bertz CT molecular complexity index is 445. The molecule has 0 bridgehead atoms. The van der Waals surface area contributed by atoms with E-state index in [0.29, 0.717) is 6.04 Å². The Hall–Kier alpha value is -1.23. The van der Waals surface area contributed by atoms with Gasteiger partial charge in [-0.1, -0.05) is 19.3 Å². The second kappa shape index (κ2) is 6.80. The monoisotopic (exact) mass is 326 g/mol. The van der Waals surface area contributed by atoms with Crippen molar-refractivity contribution in [1.82, 2.24) is 5.32 Å². The van der Waals surface area contributed by atoms with Crippen molar-refractivity contribution < 1.29 is 9.53 Å². The first-order chi connectivity index (χ1) is 9.19. The summed E-state index contributed by atoms with van der Waals surface area (Å²) in [6, 6.07) is 5.66. The van der Waals surface area contributed by atoms with Crippen molar-refractivity contribution in [3.8, 4) is 5.75 Å². The summed E-state index contributed by atoms with van der Waals surface area (Å²) in [5.74, 6) is 0.748. The van der Waals surface area contributed by atoms with Crippen molar-refractivity contribution in [3.63, 3.8) is 0 Å². The molecule has 1 aromatic carbocycles. The summed E-state index contributed by atoms with van der Waals surface area (Å²) in [4.78, 5) is 11.9. The fourth-order valence-corrected chi connectivity index (χ4v) is 2.88. The van der Waals surface area contributed by atoms with Gasteiger partial charge in [0.15, 0.2) is 0 Å². The average molecular weight is 327 g/mol. The van der Waals surface area contributed by atoms with Crippen LogP contribution in [0.1, 0.15) is 32.1 Å². The SMILES string of the molecule is COc1ccc(NC(=O)NC2CCCCC2)cc1Br. The zero-order chi connectivity index (χ0) is 13.7. The topological polar surface area (TPSA) is 50.4 Å². The standard InChI is InChI=1S/C14H19BrN2O2/c1-19-13-8-7-11(9-12(13)15)17-14(18)16-10-5-3-2-4-6-10/h7-10H,2-6H2,1H3,(H2,16,17,18). The van der Waals surface area contributed by atoms with E-state index in [1.807, 2.05) is 18.2 Å². The van der Waals surface area contributed by atoms with Crippen LogP contribution < -0.4 is 15.4 Å². The van der Waals surface area contributed by atoms with E-state index in [1.54, 1.807) is 7.11 Å². The van der Waals surface area contributed by atoms with Gasteiger partial charge in [0.05, 0.1) is 11.6 Å². The Balaban J connectivity index is 1.89. The summed E-state index contributed by atoms with van der Waals surface area (Å²) in [6.07, 6.45) is 5.86. The lowest BCUT2D eigenvalue weighted by Crippen LogP contribution is -2.39. The van der Waals surface area contributed by atoms with Crippen LogP contribution in [-0.2, 0) is 0 Å². The van der Waals surface area contributed by atoms with E-state index in [4.69, 9.17) is 4.74 Å². The van der Waals surface area contributed by atoms with Gasteiger partial charge in [-0.3, -0.25) is 0 Å². The van der Waals surface area contributed by atoms with Crippen molar-refractivity contribution >= 4 is 27.6 Å². The maximum atomic E-state index is 11.9. The van der Waals surface area contributed by atoms with E-state index in [2.05, 4.69) is 26.6 Å². The quantitative estimate of drug-likeness (QED) is 0.884. The third-order valence-corrected chi connectivity index (χ3v) is 3.97. The molecule has 2 amide bonds. The molecule has 1 aliphatic rings. The molecule has 104 valence electrons. The van der Waals surface area contributed by atoms with Gasteiger partial charge in [0.1, 0.15) is 5.75 Å². The van der Waals surface area contributed by atoms with Crippen LogP contribution in [0.2, 0.25) is 0 Å². The number of methoxy groups -OCH3 is 1. The Morgan fingerprint density at radius 1 is 1.32 bits per heavy atom. The molecule has 0 aromatic heterocycles. The number of halogens is 1. The molecule has 1 fully saturated rings. The highest BCUT2D eigenvalue weighted by Crippen LogP contribution is 2.27. The van der Waals surface area contributed by atoms with Crippen molar-refractivity contribution in [3.05, 3.63) is 22.7 Å². The zero-order valence-electron chi connectivity index (χ0n) is 11.0. The molecule has 0 saturated heterocycles. The van der Waals surface area contributed by atoms with Crippen LogP contribution >= 0.6 is 15.9 Å². The van der Waals surface area contributed by atoms with Gasteiger partial charge < -0.3 is 15.4 Å². The number of nitrogens with one attached hydrogen (secondary N) is 2.